The molecule has 1 heterocycles. The van der Waals surface area contributed by atoms with Gasteiger partial charge in [-0.25, -0.2) is 4.79 Å². The molecule has 35 heavy (non-hydrogen) atoms. The number of halogens is 1. The number of carbonyl (C=O) groups is 3. The van der Waals surface area contributed by atoms with Crippen LogP contribution in [0.15, 0.2) is 42.5 Å². The van der Waals surface area contributed by atoms with Crippen LogP contribution in [-0.2, 0) is 14.3 Å². The SMILES string of the molecule is CCOC(=O)c1[nH]c2cc(Cl)ccc2c1C(C(=O)NC(C)(C)C)N(C=O)[C@H](C)c1ccc(C)cc1. The molecule has 1 unspecified atom stereocenters. The van der Waals surface area contributed by atoms with Gasteiger partial charge in [0.2, 0.25) is 12.3 Å². The van der Waals surface area contributed by atoms with Crippen molar-refractivity contribution in [3.63, 3.8) is 0 Å². The van der Waals surface area contributed by atoms with Gasteiger partial charge in [0, 0.05) is 27.0 Å². The molecule has 3 rings (SSSR count). The van der Waals surface area contributed by atoms with Crippen molar-refractivity contribution in [1.29, 1.82) is 0 Å². The molecule has 7 nitrogen and oxygen atoms in total. The van der Waals surface area contributed by atoms with Crippen LogP contribution in [0, 0.1) is 6.92 Å². The highest BCUT2D eigenvalue weighted by molar-refractivity contribution is 6.31. The van der Waals surface area contributed by atoms with Crippen LogP contribution in [0.2, 0.25) is 5.02 Å². The molecule has 8 heteroatoms. The summed E-state index contributed by atoms with van der Waals surface area (Å²) in [4.78, 5) is 43.9. The first kappa shape index (κ1) is 26.3. The number of amides is 2. The Balaban J connectivity index is 2.27. The van der Waals surface area contributed by atoms with Gasteiger partial charge >= 0.3 is 5.97 Å². The van der Waals surface area contributed by atoms with Gasteiger partial charge in [-0.3, -0.25) is 9.59 Å². The van der Waals surface area contributed by atoms with Crippen LogP contribution in [0.4, 0.5) is 0 Å². The van der Waals surface area contributed by atoms with E-state index in [1.165, 1.54) is 4.90 Å². The number of fused-ring (bicyclic) bond motifs is 1. The van der Waals surface area contributed by atoms with Gasteiger partial charge in [-0.05, 0) is 59.2 Å². The van der Waals surface area contributed by atoms with Gasteiger partial charge in [0.05, 0.1) is 12.6 Å². The second kappa shape index (κ2) is 10.5. The van der Waals surface area contributed by atoms with Gasteiger partial charge in [0.25, 0.3) is 0 Å². The molecule has 3 aromatic rings. The minimum Gasteiger partial charge on any atom is -0.461 e. The number of nitrogens with one attached hydrogen (secondary N) is 2. The first-order valence-corrected chi connectivity index (χ1v) is 11.9. The molecule has 2 amide bonds. The quantitative estimate of drug-likeness (QED) is 0.318. The third-order valence-corrected chi connectivity index (χ3v) is 5.96. The number of aryl methyl sites for hydroxylation is 1. The summed E-state index contributed by atoms with van der Waals surface area (Å²) in [5.41, 5.74) is 2.41. The number of ether oxygens (including phenoxy) is 1. The summed E-state index contributed by atoms with van der Waals surface area (Å²) in [5.74, 6) is -1.03. The average molecular weight is 498 g/mol. The summed E-state index contributed by atoms with van der Waals surface area (Å²) in [6, 6.07) is 11.3. The van der Waals surface area contributed by atoms with Gasteiger partial charge in [-0.2, -0.15) is 0 Å². The van der Waals surface area contributed by atoms with E-state index in [9.17, 15) is 14.4 Å². The van der Waals surface area contributed by atoms with E-state index in [-0.39, 0.29) is 12.3 Å². The highest BCUT2D eigenvalue weighted by atomic mass is 35.5. The zero-order valence-corrected chi connectivity index (χ0v) is 21.7. The average Bonchev–Trinajstić information content (AvgIpc) is 3.14. The molecular formula is C27H32ClN3O4. The van der Waals surface area contributed by atoms with E-state index in [4.69, 9.17) is 16.3 Å². The predicted octanol–water partition coefficient (Wildman–Crippen LogP) is 5.48. The first-order valence-electron chi connectivity index (χ1n) is 11.6. The summed E-state index contributed by atoms with van der Waals surface area (Å²) in [7, 11) is 0. The lowest BCUT2D eigenvalue weighted by Gasteiger charge is -2.35. The van der Waals surface area contributed by atoms with Crippen LogP contribution in [0.25, 0.3) is 10.9 Å². The third-order valence-electron chi connectivity index (χ3n) is 5.73. The smallest absolute Gasteiger partial charge is 0.355 e. The van der Waals surface area contributed by atoms with Crippen molar-refractivity contribution in [2.45, 2.75) is 59.2 Å². The van der Waals surface area contributed by atoms with Crippen molar-refractivity contribution < 1.29 is 19.1 Å². The van der Waals surface area contributed by atoms with E-state index >= 15 is 0 Å². The minimum absolute atomic E-state index is 0.112. The number of hydrogen-bond donors (Lipinski definition) is 2. The van der Waals surface area contributed by atoms with E-state index in [0.29, 0.717) is 27.9 Å². The molecule has 0 fully saturated rings. The second-order valence-electron chi connectivity index (χ2n) is 9.61. The standard InChI is InChI=1S/C27H32ClN3O4/c1-7-35-26(34)23-22(20-13-12-19(28)14-21(20)29-23)24(25(33)30-27(4,5)6)31(15-32)17(3)18-10-8-16(2)9-11-18/h8-15,17,24,29H,7H2,1-6H3,(H,30,33)/t17-,24?/m1/s1. The van der Waals surface area contributed by atoms with Crippen LogP contribution < -0.4 is 5.32 Å². The Kier molecular flexibility index (Phi) is 7.90. The lowest BCUT2D eigenvalue weighted by atomic mass is 9.96. The van der Waals surface area contributed by atoms with E-state index in [2.05, 4.69) is 10.3 Å². The minimum atomic E-state index is -1.11. The monoisotopic (exact) mass is 497 g/mol. The number of carbonyl (C=O) groups excluding carboxylic acids is 3. The zero-order valence-electron chi connectivity index (χ0n) is 20.9. The number of hydrogen-bond acceptors (Lipinski definition) is 4. The molecule has 0 spiro atoms. The largest absolute Gasteiger partial charge is 0.461 e. The van der Waals surface area contributed by atoms with Crippen molar-refractivity contribution in [2.24, 2.45) is 0 Å². The highest BCUT2D eigenvalue weighted by Gasteiger charge is 2.38. The van der Waals surface area contributed by atoms with E-state index in [1.807, 2.05) is 58.9 Å². The van der Waals surface area contributed by atoms with Gasteiger partial charge < -0.3 is 19.9 Å². The third kappa shape index (κ3) is 5.85. The Hall–Kier alpha value is -3.32. The summed E-state index contributed by atoms with van der Waals surface area (Å²) in [5, 5.41) is 4.06. The molecule has 2 aromatic carbocycles. The van der Waals surface area contributed by atoms with Gasteiger partial charge in [-0.1, -0.05) is 47.5 Å². The highest BCUT2D eigenvalue weighted by Crippen LogP contribution is 2.37. The number of esters is 1. The van der Waals surface area contributed by atoms with Crippen LogP contribution >= 0.6 is 11.6 Å². The normalized spacial score (nSPS) is 13.2. The molecule has 0 saturated heterocycles. The Morgan fingerprint density at radius 1 is 1.17 bits per heavy atom. The Morgan fingerprint density at radius 3 is 2.40 bits per heavy atom. The molecule has 0 saturated carbocycles. The Morgan fingerprint density at radius 2 is 1.83 bits per heavy atom. The van der Waals surface area contributed by atoms with Crippen molar-refractivity contribution in [1.82, 2.24) is 15.2 Å². The summed E-state index contributed by atoms with van der Waals surface area (Å²) in [6.07, 6.45) is 0.654. The number of H-pyrrole nitrogens is 1. The fourth-order valence-corrected chi connectivity index (χ4v) is 4.26. The maximum atomic E-state index is 13.8. The van der Waals surface area contributed by atoms with E-state index in [1.54, 1.807) is 25.1 Å². The Labute approximate surface area is 210 Å². The molecular weight excluding hydrogens is 466 g/mol. The Bertz CT molecular complexity index is 1230. The molecule has 0 aliphatic heterocycles. The lowest BCUT2D eigenvalue weighted by Crippen LogP contribution is -2.48. The van der Waals surface area contributed by atoms with Crippen molar-refractivity contribution in [3.8, 4) is 0 Å². The molecule has 1 aromatic heterocycles. The van der Waals surface area contributed by atoms with Crippen LogP contribution in [-0.4, -0.2) is 40.3 Å². The molecule has 186 valence electrons. The van der Waals surface area contributed by atoms with Crippen LogP contribution in [0.5, 0.6) is 0 Å². The number of aromatic nitrogens is 1. The summed E-state index contributed by atoms with van der Waals surface area (Å²) >= 11 is 6.20. The van der Waals surface area contributed by atoms with Gasteiger partial charge in [0.15, 0.2) is 0 Å². The van der Waals surface area contributed by atoms with Crippen molar-refractivity contribution in [2.75, 3.05) is 6.61 Å². The fourth-order valence-electron chi connectivity index (χ4n) is 4.09. The summed E-state index contributed by atoms with van der Waals surface area (Å²) in [6.45, 7) is 11.3. The predicted molar refractivity (Wildman–Crippen MR) is 137 cm³/mol. The molecule has 0 aliphatic carbocycles. The number of rotatable bonds is 8. The molecule has 2 atom stereocenters. The zero-order chi connectivity index (χ0) is 25.9. The molecule has 0 aliphatic rings. The number of benzene rings is 2. The first-order chi connectivity index (χ1) is 16.5. The fraction of sp³-hybridized carbons (Fsp3) is 0.370. The second-order valence-corrected chi connectivity index (χ2v) is 10.0. The molecule has 0 bridgehead atoms. The lowest BCUT2D eigenvalue weighted by molar-refractivity contribution is -0.136. The maximum absolute atomic E-state index is 13.8. The molecule has 2 N–H and O–H groups in total. The topological polar surface area (TPSA) is 91.5 Å². The van der Waals surface area contributed by atoms with E-state index in [0.717, 1.165) is 11.1 Å². The van der Waals surface area contributed by atoms with Crippen molar-refractivity contribution in [3.05, 3.63) is 69.9 Å². The summed E-state index contributed by atoms with van der Waals surface area (Å²) < 4.78 is 5.29. The van der Waals surface area contributed by atoms with Crippen LogP contribution in [0.3, 0.4) is 0 Å². The number of nitrogens with zero attached hydrogens (tertiary/aromatic N) is 1. The van der Waals surface area contributed by atoms with E-state index < -0.39 is 29.5 Å². The maximum Gasteiger partial charge on any atom is 0.355 e. The van der Waals surface area contributed by atoms with Gasteiger partial charge in [-0.15, -0.1) is 0 Å². The van der Waals surface area contributed by atoms with Gasteiger partial charge in [0.1, 0.15) is 11.7 Å². The molecule has 0 radical (unpaired) electrons. The van der Waals surface area contributed by atoms with Crippen molar-refractivity contribution >= 4 is 40.8 Å². The van der Waals surface area contributed by atoms with Crippen LogP contribution in [0.1, 0.15) is 73.9 Å². The number of aromatic amines is 1.